The van der Waals surface area contributed by atoms with Crippen LogP contribution in [0.3, 0.4) is 0 Å². The molecule has 0 saturated carbocycles. The number of anilines is 2. The van der Waals surface area contributed by atoms with Crippen molar-refractivity contribution in [1.29, 1.82) is 0 Å². The number of aromatic nitrogens is 3. The Hall–Kier alpha value is -2.58. The van der Waals surface area contributed by atoms with E-state index >= 15 is 0 Å². The van der Waals surface area contributed by atoms with E-state index in [9.17, 15) is 8.42 Å². The first-order valence-electron chi connectivity index (χ1n) is 7.49. The minimum atomic E-state index is -3.30. The Morgan fingerprint density at radius 1 is 1.04 bits per heavy atom. The summed E-state index contributed by atoms with van der Waals surface area (Å²) in [5.74, 6) is 0.566. The molecule has 6 nitrogen and oxygen atoms in total. The van der Waals surface area contributed by atoms with Gasteiger partial charge in [-0.15, -0.1) is 11.3 Å². The van der Waals surface area contributed by atoms with E-state index in [-0.39, 0.29) is 4.90 Å². The van der Waals surface area contributed by atoms with Crippen LogP contribution in [0.15, 0.2) is 47.6 Å². The highest BCUT2D eigenvalue weighted by Crippen LogP contribution is 2.29. The molecule has 0 aliphatic heterocycles. The molecule has 4 aromatic rings. The molecule has 0 saturated heterocycles. The number of sulfone groups is 1. The second kappa shape index (κ2) is 5.75. The van der Waals surface area contributed by atoms with Gasteiger partial charge in [-0.3, -0.25) is 0 Å². The number of hydrogen-bond acceptors (Lipinski definition) is 7. The molecular weight excluding hydrogens is 356 g/mol. The van der Waals surface area contributed by atoms with Crippen molar-refractivity contribution in [2.24, 2.45) is 0 Å². The second-order valence-electron chi connectivity index (χ2n) is 5.71. The number of rotatable bonds is 3. The van der Waals surface area contributed by atoms with E-state index < -0.39 is 9.84 Å². The zero-order valence-electron chi connectivity index (χ0n) is 13.5. The van der Waals surface area contributed by atoms with Crippen molar-refractivity contribution in [2.45, 2.75) is 11.8 Å². The summed E-state index contributed by atoms with van der Waals surface area (Å²) in [5.41, 5.74) is 2.50. The van der Waals surface area contributed by atoms with E-state index in [1.807, 2.05) is 25.1 Å². The van der Waals surface area contributed by atoms with Crippen LogP contribution >= 0.6 is 11.3 Å². The maximum atomic E-state index is 11.8. The maximum Gasteiger partial charge on any atom is 0.175 e. The van der Waals surface area contributed by atoms with Crippen LogP contribution in [0.2, 0.25) is 0 Å². The molecule has 2 heterocycles. The molecule has 1 N–H and O–H groups in total. The molecule has 8 heteroatoms. The number of benzene rings is 2. The lowest BCUT2D eigenvalue weighted by Crippen LogP contribution is -2.00. The van der Waals surface area contributed by atoms with Gasteiger partial charge in [0.05, 0.1) is 25.6 Å². The molecule has 126 valence electrons. The van der Waals surface area contributed by atoms with Crippen LogP contribution in [0.1, 0.15) is 5.01 Å². The summed E-state index contributed by atoms with van der Waals surface area (Å²) in [6.45, 7) is 1.97. The van der Waals surface area contributed by atoms with E-state index in [4.69, 9.17) is 0 Å². The van der Waals surface area contributed by atoms with Crippen molar-refractivity contribution in [1.82, 2.24) is 15.0 Å². The fourth-order valence-electron chi connectivity index (χ4n) is 2.62. The molecule has 2 aromatic carbocycles. The molecule has 0 amide bonds. The van der Waals surface area contributed by atoms with Gasteiger partial charge in [0.25, 0.3) is 0 Å². The average Bonchev–Trinajstić information content (AvgIpc) is 2.93. The Labute approximate surface area is 148 Å². The van der Waals surface area contributed by atoms with E-state index in [2.05, 4.69) is 20.3 Å². The van der Waals surface area contributed by atoms with Crippen molar-refractivity contribution in [3.8, 4) is 0 Å². The van der Waals surface area contributed by atoms with Gasteiger partial charge in [-0.05, 0) is 43.3 Å². The molecule has 25 heavy (non-hydrogen) atoms. The van der Waals surface area contributed by atoms with Crippen molar-refractivity contribution in [3.05, 3.63) is 47.7 Å². The Morgan fingerprint density at radius 2 is 1.84 bits per heavy atom. The number of nitrogens with one attached hydrogen (secondary N) is 1. The van der Waals surface area contributed by atoms with Crippen molar-refractivity contribution in [3.63, 3.8) is 0 Å². The van der Waals surface area contributed by atoms with Gasteiger partial charge in [-0.25, -0.2) is 23.4 Å². The SMILES string of the molecule is Cc1nc2ccc(Nc3ncnc4ccc(S(C)(=O)=O)cc34)cc2s1. The summed E-state index contributed by atoms with van der Waals surface area (Å²) in [6, 6.07) is 10.7. The summed E-state index contributed by atoms with van der Waals surface area (Å²) >= 11 is 1.62. The quantitative estimate of drug-likeness (QED) is 0.592. The molecule has 0 bridgehead atoms. The van der Waals surface area contributed by atoms with Crippen LogP contribution in [0.4, 0.5) is 11.5 Å². The standard InChI is InChI=1S/C17H14N4O2S2/c1-10-20-15-5-3-11(7-16(15)24-10)21-17-13-8-12(25(2,22)23)4-6-14(13)18-9-19-17/h3-9H,1-2H3,(H,18,19,21). The van der Waals surface area contributed by atoms with Crippen LogP contribution in [0.5, 0.6) is 0 Å². The number of nitrogens with zero attached hydrogens (tertiary/aromatic N) is 3. The lowest BCUT2D eigenvalue weighted by Gasteiger charge is -2.09. The van der Waals surface area contributed by atoms with E-state index in [0.29, 0.717) is 16.7 Å². The third-order valence-electron chi connectivity index (χ3n) is 3.79. The van der Waals surface area contributed by atoms with Gasteiger partial charge in [0, 0.05) is 17.3 Å². The van der Waals surface area contributed by atoms with Gasteiger partial charge in [0.2, 0.25) is 0 Å². The Balaban J connectivity index is 1.81. The highest BCUT2D eigenvalue weighted by atomic mass is 32.2. The van der Waals surface area contributed by atoms with E-state index in [0.717, 1.165) is 20.9 Å². The van der Waals surface area contributed by atoms with Crippen LogP contribution < -0.4 is 5.32 Å². The fraction of sp³-hybridized carbons (Fsp3) is 0.118. The first-order valence-corrected chi connectivity index (χ1v) is 10.2. The molecule has 0 radical (unpaired) electrons. The highest BCUT2D eigenvalue weighted by molar-refractivity contribution is 7.90. The molecule has 0 fully saturated rings. The Kier molecular flexibility index (Phi) is 3.66. The third kappa shape index (κ3) is 3.06. The second-order valence-corrected chi connectivity index (χ2v) is 8.96. The summed E-state index contributed by atoms with van der Waals surface area (Å²) in [7, 11) is -3.30. The topological polar surface area (TPSA) is 84.8 Å². The van der Waals surface area contributed by atoms with Gasteiger partial charge >= 0.3 is 0 Å². The van der Waals surface area contributed by atoms with Gasteiger partial charge in [0.1, 0.15) is 12.1 Å². The summed E-state index contributed by atoms with van der Waals surface area (Å²) in [5, 5.41) is 4.93. The first-order chi connectivity index (χ1) is 11.9. The minimum Gasteiger partial charge on any atom is -0.340 e. The van der Waals surface area contributed by atoms with Crippen LogP contribution in [0.25, 0.3) is 21.1 Å². The molecule has 0 spiro atoms. The predicted octanol–water partition coefficient (Wildman–Crippen LogP) is 3.70. The van der Waals surface area contributed by atoms with E-state index in [1.54, 1.807) is 29.5 Å². The monoisotopic (exact) mass is 370 g/mol. The Bertz CT molecular complexity index is 1220. The van der Waals surface area contributed by atoms with Gasteiger partial charge in [0.15, 0.2) is 9.84 Å². The molecule has 4 rings (SSSR count). The van der Waals surface area contributed by atoms with Crippen molar-refractivity contribution < 1.29 is 8.42 Å². The van der Waals surface area contributed by atoms with Crippen LogP contribution in [-0.4, -0.2) is 29.6 Å². The minimum absolute atomic E-state index is 0.242. The molecule has 2 aromatic heterocycles. The normalized spacial score (nSPS) is 11.9. The molecule has 0 aliphatic rings. The third-order valence-corrected chi connectivity index (χ3v) is 5.84. The lowest BCUT2D eigenvalue weighted by molar-refractivity contribution is 0.602. The lowest BCUT2D eigenvalue weighted by atomic mass is 10.2. The largest absolute Gasteiger partial charge is 0.340 e. The number of fused-ring (bicyclic) bond motifs is 2. The van der Waals surface area contributed by atoms with Crippen molar-refractivity contribution >= 4 is 53.8 Å². The number of thiazole rings is 1. The summed E-state index contributed by atoms with van der Waals surface area (Å²) < 4.78 is 24.7. The van der Waals surface area contributed by atoms with Crippen LogP contribution in [-0.2, 0) is 9.84 Å². The Morgan fingerprint density at radius 3 is 2.64 bits per heavy atom. The van der Waals surface area contributed by atoms with E-state index in [1.165, 1.54) is 12.6 Å². The van der Waals surface area contributed by atoms with Crippen molar-refractivity contribution in [2.75, 3.05) is 11.6 Å². The zero-order valence-corrected chi connectivity index (χ0v) is 15.1. The van der Waals surface area contributed by atoms with Gasteiger partial charge in [-0.1, -0.05) is 0 Å². The number of aryl methyl sites for hydroxylation is 1. The first kappa shape index (κ1) is 15.9. The summed E-state index contributed by atoms with van der Waals surface area (Å²) in [6.07, 6.45) is 2.64. The van der Waals surface area contributed by atoms with Gasteiger partial charge in [-0.2, -0.15) is 0 Å². The number of hydrogen-bond donors (Lipinski definition) is 1. The fourth-order valence-corrected chi connectivity index (χ4v) is 4.13. The maximum absolute atomic E-state index is 11.8. The molecular formula is C17H14N4O2S2. The van der Waals surface area contributed by atoms with Crippen LogP contribution in [0, 0.1) is 6.92 Å². The smallest absolute Gasteiger partial charge is 0.175 e. The molecule has 0 atom stereocenters. The average molecular weight is 370 g/mol. The molecule has 0 aliphatic carbocycles. The highest BCUT2D eigenvalue weighted by Gasteiger charge is 2.11. The predicted molar refractivity (Wildman–Crippen MR) is 100 cm³/mol. The molecule has 0 unspecified atom stereocenters. The zero-order chi connectivity index (χ0) is 17.6. The van der Waals surface area contributed by atoms with Gasteiger partial charge < -0.3 is 5.32 Å². The summed E-state index contributed by atoms with van der Waals surface area (Å²) in [4.78, 5) is 13.2.